The molecule has 100 valence electrons. The maximum Gasteiger partial charge on any atom is 0.277 e. The Hall–Kier alpha value is -1.89. The van der Waals surface area contributed by atoms with E-state index in [0.717, 1.165) is 16.5 Å². The SMILES string of the molecule is CCC(NC(=O)c1nonc1N)c1ccc(Br)cc1. The normalized spacial score (nSPS) is 12.1. The quantitative estimate of drug-likeness (QED) is 0.899. The van der Waals surface area contributed by atoms with E-state index >= 15 is 0 Å². The zero-order valence-electron chi connectivity index (χ0n) is 10.3. The largest absolute Gasteiger partial charge is 0.379 e. The Kier molecular flexibility index (Phi) is 4.16. The van der Waals surface area contributed by atoms with Gasteiger partial charge in [0.25, 0.3) is 5.91 Å². The number of halogens is 1. The van der Waals surface area contributed by atoms with E-state index in [-0.39, 0.29) is 17.6 Å². The third-order valence-corrected chi connectivity index (χ3v) is 3.24. The lowest BCUT2D eigenvalue weighted by atomic mass is 10.0. The topological polar surface area (TPSA) is 94.0 Å². The van der Waals surface area contributed by atoms with Gasteiger partial charge in [-0.3, -0.25) is 4.79 Å². The van der Waals surface area contributed by atoms with Crippen molar-refractivity contribution in [2.24, 2.45) is 0 Å². The summed E-state index contributed by atoms with van der Waals surface area (Å²) >= 11 is 3.37. The standard InChI is InChI=1S/C12H13BrN4O2/c1-2-9(7-3-5-8(13)6-4-7)15-12(18)10-11(14)17-19-16-10/h3-6,9H,2H2,1H3,(H2,14,17)(H,15,18). The predicted molar refractivity (Wildman–Crippen MR) is 73.4 cm³/mol. The smallest absolute Gasteiger partial charge is 0.277 e. The molecule has 19 heavy (non-hydrogen) atoms. The zero-order chi connectivity index (χ0) is 13.8. The Morgan fingerprint density at radius 3 is 2.63 bits per heavy atom. The second-order valence-corrected chi connectivity index (χ2v) is 4.90. The average molecular weight is 325 g/mol. The van der Waals surface area contributed by atoms with Gasteiger partial charge in [-0.15, -0.1) is 0 Å². The third kappa shape index (κ3) is 3.11. The van der Waals surface area contributed by atoms with Gasteiger partial charge in [-0.1, -0.05) is 35.0 Å². The molecule has 0 saturated carbocycles. The first kappa shape index (κ1) is 13.5. The number of carbonyl (C=O) groups is 1. The molecule has 0 aliphatic carbocycles. The number of hydrogen-bond donors (Lipinski definition) is 2. The van der Waals surface area contributed by atoms with Crippen LogP contribution in [0, 0.1) is 0 Å². The first-order chi connectivity index (χ1) is 9.11. The predicted octanol–water partition coefficient (Wildman–Crippen LogP) is 2.30. The van der Waals surface area contributed by atoms with Gasteiger partial charge in [0.1, 0.15) is 0 Å². The molecule has 1 aromatic carbocycles. The molecule has 2 rings (SSSR count). The Bertz CT molecular complexity index is 567. The van der Waals surface area contributed by atoms with Crippen LogP contribution in [-0.2, 0) is 0 Å². The summed E-state index contributed by atoms with van der Waals surface area (Å²) in [4.78, 5) is 12.0. The molecule has 1 amide bonds. The molecule has 0 saturated heterocycles. The number of carbonyl (C=O) groups excluding carboxylic acids is 1. The molecule has 0 aliphatic rings. The van der Waals surface area contributed by atoms with Crippen LogP contribution in [0.2, 0.25) is 0 Å². The maximum absolute atomic E-state index is 12.0. The van der Waals surface area contributed by atoms with Crippen LogP contribution in [0.1, 0.15) is 35.4 Å². The molecule has 0 bridgehead atoms. The summed E-state index contributed by atoms with van der Waals surface area (Å²) in [6.45, 7) is 1.98. The number of nitrogens with two attached hydrogens (primary N) is 1. The molecule has 0 fully saturated rings. The van der Waals surface area contributed by atoms with Crippen molar-refractivity contribution in [1.29, 1.82) is 0 Å². The van der Waals surface area contributed by atoms with E-state index in [1.54, 1.807) is 0 Å². The van der Waals surface area contributed by atoms with E-state index in [1.165, 1.54) is 0 Å². The Labute approximate surface area is 118 Å². The molecule has 1 unspecified atom stereocenters. The highest BCUT2D eigenvalue weighted by Gasteiger charge is 2.19. The van der Waals surface area contributed by atoms with Crippen molar-refractivity contribution < 1.29 is 9.42 Å². The van der Waals surface area contributed by atoms with Crippen LogP contribution in [0.3, 0.4) is 0 Å². The van der Waals surface area contributed by atoms with Gasteiger partial charge in [-0.25, -0.2) is 4.63 Å². The molecule has 0 radical (unpaired) electrons. The molecule has 1 aromatic heterocycles. The molecule has 0 spiro atoms. The molecule has 7 heteroatoms. The minimum absolute atomic E-state index is 0.00978. The summed E-state index contributed by atoms with van der Waals surface area (Å²) in [5.74, 6) is -0.406. The van der Waals surface area contributed by atoms with Gasteiger partial charge >= 0.3 is 0 Å². The second-order valence-electron chi connectivity index (χ2n) is 3.98. The fraction of sp³-hybridized carbons (Fsp3) is 0.250. The van der Waals surface area contributed by atoms with Crippen LogP contribution in [-0.4, -0.2) is 16.2 Å². The highest BCUT2D eigenvalue weighted by atomic mass is 79.9. The summed E-state index contributed by atoms with van der Waals surface area (Å²) in [5.41, 5.74) is 6.50. The van der Waals surface area contributed by atoms with Gasteiger partial charge in [0.15, 0.2) is 0 Å². The lowest BCUT2D eigenvalue weighted by Gasteiger charge is -2.16. The molecular weight excluding hydrogens is 312 g/mol. The monoisotopic (exact) mass is 324 g/mol. The van der Waals surface area contributed by atoms with Crippen molar-refractivity contribution in [1.82, 2.24) is 15.6 Å². The molecule has 3 N–H and O–H groups in total. The highest BCUT2D eigenvalue weighted by molar-refractivity contribution is 9.10. The number of nitrogen functional groups attached to an aromatic ring is 1. The number of nitrogens with one attached hydrogen (secondary N) is 1. The minimum Gasteiger partial charge on any atom is -0.379 e. The summed E-state index contributed by atoms with van der Waals surface area (Å²) in [6.07, 6.45) is 0.749. The van der Waals surface area contributed by atoms with Crippen LogP contribution in [0.25, 0.3) is 0 Å². The van der Waals surface area contributed by atoms with Crippen molar-refractivity contribution >= 4 is 27.7 Å². The fourth-order valence-corrected chi connectivity index (χ4v) is 1.96. The number of benzene rings is 1. The Morgan fingerprint density at radius 1 is 1.42 bits per heavy atom. The molecule has 0 aliphatic heterocycles. The van der Waals surface area contributed by atoms with Gasteiger partial charge in [-0.2, -0.15) is 0 Å². The van der Waals surface area contributed by atoms with Crippen LogP contribution >= 0.6 is 15.9 Å². The van der Waals surface area contributed by atoms with Crippen molar-refractivity contribution in [3.05, 3.63) is 40.0 Å². The van der Waals surface area contributed by atoms with Crippen LogP contribution in [0.4, 0.5) is 5.82 Å². The number of rotatable bonds is 4. The van der Waals surface area contributed by atoms with Crippen molar-refractivity contribution in [3.63, 3.8) is 0 Å². The summed E-state index contributed by atoms with van der Waals surface area (Å²) < 4.78 is 5.40. The van der Waals surface area contributed by atoms with Gasteiger partial charge in [0, 0.05) is 4.47 Å². The molecular formula is C12H13BrN4O2. The Balaban J connectivity index is 2.13. The average Bonchev–Trinajstić information content (AvgIpc) is 2.83. The van der Waals surface area contributed by atoms with E-state index in [9.17, 15) is 4.79 Å². The summed E-state index contributed by atoms with van der Waals surface area (Å²) in [6, 6.07) is 7.63. The van der Waals surface area contributed by atoms with Crippen LogP contribution in [0.15, 0.2) is 33.4 Å². The molecule has 2 aromatic rings. The van der Waals surface area contributed by atoms with Crippen molar-refractivity contribution in [2.75, 3.05) is 5.73 Å². The lowest BCUT2D eigenvalue weighted by molar-refractivity contribution is 0.0926. The number of amides is 1. The van der Waals surface area contributed by atoms with Crippen LogP contribution in [0.5, 0.6) is 0 Å². The zero-order valence-corrected chi connectivity index (χ0v) is 11.8. The van der Waals surface area contributed by atoms with Crippen LogP contribution < -0.4 is 11.1 Å². The van der Waals surface area contributed by atoms with Gasteiger partial charge < -0.3 is 11.1 Å². The third-order valence-electron chi connectivity index (χ3n) is 2.71. The summed E-state index contributed by atoms with van der Waals surface area (Å²) in [5, 5.41) is 9.71. The van der Waals surface area contributed by atoms with Crippen molar-refractivity contribution in [2.45, 2.75) is 19.4 Å². The van der Waals surface area contributed by atoms with E-state index < -0.39 is 5.91 Å². The molecule has 1 atom stereocenters. The number of nitrogens with zero attached hydrogens (tertiary/aromatic N) is 2. The fourth-order valence-electron chi connectivity index (χ4n) is 1.70. The summed E-state index contributed by atoms with van der Waals surface area (Å²) in [7, 11) is 0. The number of hydrogen-bond acceptors (Lipinski definition) is 5. The lowest BCUT2D eigenvalue weighted by Crippen LogP contribution is -2.29. The second kappa shape index (κ2) is 5.83. The first-order valence-electron chi connectivity index (χ1n) is 5.76. The highest BCUT2D eigenvalue weighted by Crippen LogP contribution is 2.20. The maximum atomic E-state index is 12.0. The molecule has 6 nitrogen and oxygen atoms in total. The number of aromatic nitrogens is 2. The first-order valence-corrected chi connectivity index (χ1v) is 6.55. The molecule has 1 heterocycles. The van der Waals surface area contributed by atoms with E-state index in [0.29, 0.717) is 0 Å². The van der Waals surface area contributed by atoms with E-state index in [4.69, 9.17) is 5.73 Å². The van der Waals surface area contributed by atoms with E-state index in [1.807, 2.05) is 31.2 Å². The van der Waals surface area contributed by atoms with Gasteiger partial charge in [-0.05, 0) is 34.4 Å². The van der Waals surface area contributed by atoms with Crippen molar-refractivity contribution in [3.8, 4) is 0 Å². The van der Waals surface area contributed by atoms with Gasteiger partial charge in [0.05, 0.1) is 6.04 Å². The Morgan fingerprint density at radius 2 is 2.11 bits per heavy atom. The van der Waals surface area contributed by atoms with Gasteiger partial charge in [0.2, 0.25) is 11.5 Å². The van der Waals surface area contributed by atoms with E-state index in [2.05, 4.69) is 36.2 Å². The minimum atomic E-state index is -0.395. The number of anilines is 1.